The summed E-state index contributed by atoms with van der Waals surface area (Å²) < 4.78 is 15.2. The summed E-state index contributed by atoms with van der Waals surface area (Å²) in [4.78, 5) is 12.4. The third-order valence-electron chi connectivity index (χ3n) is 4.36. The summed E-state index contributed by atoms with van der Waals surface area (Å²) in [6, 6.07) is 24.3. The molecule has 4 aromatic rings. The van der Waals surface area contributed by atoms with Gasteiger partial charge in [-0.2, -0.15) is 5.26 Å². The lowest BCUT2D eigenvalue weighted by Crippen LogP contribution is -2.14. The molecule has 0 saturated heterocycles. The van der Waals surface area contributed by atoms with E-state index in [1.807, 2.05) is 36.4 Å². The number of hydrogen-bond donors (Lipinski definition) is 1. The topological polar surface area (TPSA) is 83.6 Å². The number of halogens is 1. The van der Waals surface area contributed by atoms with Gasteiger partial charge in [-0.05, 0) is 42.5 Å². The molecule has 152 valence electrons. The van der Waals surface area contributed by atoms with Crippen LogP contribution in [0, 0.1) is 17.1 Å². The van der Waals surface area contributed by atoms with Crippen molar-refractivity contribution in [2.24, 2.45) is 0 Å². The fourth-order valence-corrected chi connectivity index (χ4v) is 3.71. The van der Waals surface area contributed by atoms with E-state index in [4.69, 9.17) is 5.26 Å². The van der Waals surface area contributed by atoms with E-state index in [1.54, 1.807) is 41.0 Å². The van der Waals surface area contributed by atoms with Crippen molar-refractivity contribution in [3.63, 3.8) is 0 Å². The number of nitriles is 1. The molecule has 1 N–H and O–H groups in total. The van der Waals surface area contributed by atoms with Crippen LogP contribution in [0.2, 0.25) is 0 Å². The van der Waals surface area contributed by atoms with Crippen molar-refractivity contribution in [2.75, 3.05) is 11.1 Å². The Bertz CT molecular complexity index is 1250. The number of benzene rings is 3. The minimum atomic E-state index is -0.341. The average Bonchev–Trinajstić information content (AvgIpc) is 3.23. The first-order valence-electron chi connectivity index (χ1n) is 9.33. The van der Waals surface area contributed by atoms with E-state index in [1.165, 1.54) is 23.9 Å². The quantitative estimate of drug-likeness (QED) is 0.450. The Morgan fingerprint density at radius 1 is 1.03 bits per heavy atom. The number of thioether (sulfide) groups is 1. The molecular formula is C23H16FN5OS. The minimum Gasteiger partial charge on any atom is -0.325 e. The van der Waals surface area contributed by atoms with Gasteiger partial charge < -0.3 is 5.32 Å². The van der Waals surface area contributed by atoms with Crippen molar-refractivity contribution in [2.45, 2.75) is 5.16 Å². The summed E-state index contributed by atoms with van der Waals surface area (Å²) in [6.07, 6.45) is 0. The van der Waals surface area contributed by atoms with Crippen LogP contribution in [0.5, 0.6) is 0 Å². The molecule has 8 heteroatoms. The van der Waals surface area contributed by atoms with E-state index in [2.05, 4.69) is 15.5 Å². The zero-order valence-corrected chi connectivity index (χ0v) is 17.0. The average molecular weight is 429 g/mol. The summed E-state index contributed by atoms with van der Waals surface area (Å²) in [5, 5.41) is 20.8. The smallest absolute Gasteiger partial charge is 0.234 e. The van der Waals surface area contributed by atoms with E-state index < -0.39 is 0 Å². The molecule has 6 nitrogen and oxygen atoms in total. The van der Waals surface area contributed by atoms with Gasteiger partial charge in [0, 0.05) is 16.9 Å². The Kier molecular flexibility index (Phi) is 6.05. The molecule has 0 aliphatic heterocycles. The normalized spacial score (nSPS) is 10.5. The molecule has 3 aromatic carbocycles. The summed E-state index contributed by atoms with van der Waals surface area (Å²) in [5.74, 6) is 0.100. The maximum absolute atomic E-state index is 13.4. The molecule has 1 amide bonds. The maximum atomic E-state index is 13.4. The first-order chi connectivity index (χ1) is 15.1. The van der Waals surface area contributed by atoms with E-state index in [9.17, 15) is 9.18 Å². The summed E-state index contributed by atoms with van der Waals surface area (Å²) >= 11 is 1.22. The SMILES string of the molecule is N#Cc1cccc(NC(=O)CSc2nnc(-c3ccccc3)n2-c2ccc(F)cc2)c1. The molecule has 0 radical (unpaired) electrons. The van der Waals surface area contributed by atoms with E-state index in [0.29, 0.717) is 27.9 Å². The Labute approximate surface area is 182 Å². The summed E-state index contributed by atoms with van der Waals surface area (Å²) in [5.41, 5.74) is 2.56. The molecule has 0 bridgehead atoms. The fourth-order valence-electron chi connectivity index (χ4n) is 2.95. The number of rotatable bonds is 6. The van der Waals surface area contributed by atoms with Gasteiger partial charge in [-0.1, -0.05) is 48.2 Å². The van der Waals surface area contributed by atoms with Crippen LogP contribution in [0.3, 0.4) is 0 Å². The number of hydrogen-bond acceptors (Lipinski definition) is 5. The lowest BCUT2D eigenvalue weighted by atomic mass is 10.2. The number of amides is 1. The summed E-state index contributed by atoms with van der Waals surface area (Å²) in [7, 11) is 0. The first kappa shape index (κ1) is 20.3. The Balaban J connectivity index is 1.58. The predicted molar refractivity (Wildman–Crippen MR) is 117 cm³/mol. The van der Waals surface area contributed by atoms with Crippen molar-refractivity contribution in [1.82, 2.24) is 14.8 Å². The molecule has 0 atom stereocenters. The highest BCUT2D eigenvalue weighted by molar-refractivity contribution is 7.99. The van der Waals surface area contributed by atoms with Gasteiger partial charge >= 0.3 is 0 Å². The largest absolute Gasteiger partial charge is 0.325 e. The zero-order chi connectivity index (χ0) is 21.6. The van der Waals surface area contributed by atoms with Gasteiger partial charge in [0.1, 0.15) is 5.82 Å². The first-order valence-corrected chi connectivity index (χ1v) is 10.3. The highest BCUT2D eigenvalue weighted by atomic mass is 32.2. The molecule has 0 fully saturated rings. The third kappa shape index (κ3) is 4.79. The number of carbonyl (C=O) groups is 1. The molecule has 31 heavy (non-hydrogen) atoms. The zero-order valence-electron chi connectivity index (χ0n) is 16.2. The van der Waals surface area contributed by atoms with E-state index in [-0.39, 0.29) is 17.5 Å². The maximum Gasteiger partial charge on any atom is 0.234 e. The van der Waals surface area contributed by atoms with Crippen molar-refractivity contribution >= 4 is 23.4 Å². The third-order valence-corrected chi connectivity index (χ3v) is 5.29. The van der Waals surface area contributed by atoms with Gasteiger partial charge in [0.15, 0.2) is 11.0 Å². The molecule has 0 aliphatic rings. The Hall–Kier alpha value is -3.96. The predicted octanol–water partition coefficient (Wildman–Crippen LogP) is 4.68. The highest BCUT2D eigenvalue weighted by Crippen LogP contribution is 2.28. The molecule has 1 aromatic heterocycles. The van der Waals surface area contributed by atoms with E-state index in [0.717, 1.165) is 5.56 Å². The highest BCUT2D eigenvalue weighted by Gasteiger charge is 2.17. The van der Waals surface area contributed by atoms with Crippen LogP contribution in [0.1, 0.15) is 5.56 Å². The lowest BCUT2D eigenvalue weighted by Gasteiger charge is -2.10. The number of anilines is 1. The van der Waals surface area contributed by atoms with Crippen LogP contribution in [-0.4, -0.2) is 26.4 Å². The van der Waals surface area contributed by atoms with Crippen molar-refractivity contribution in [3.05, 3.63) is 90.2 Å². The molecule has 0 saturated carbocycles. The summed E-state index contributed by atoms with van der Waals surface area (Å²) in [6.45, 7) is 0. The van der Waals surface area contributed by atoms with Gasteiger partial charge in [0.05, 0.1) is 17.4 Å². The lowest BCUT2D eigenvalue weighted by molar-refractivity contribution is -0.113. The van der Waals surface area contributed by atoms with Crippen molar-refractivity contribution < 1.29 is 9.18 Å². The Morgan fingerprint density at radius 2 is 1.81 bits per heavy atom. The van der Waals surface area contributed by atoms with Crippen LogP contribution in [0.25, 0.3) is 17.1 Å². The molecule has 0 spiro atoms. The molecule has 4 rings (SSSR count). The van der Waals surface area contributed by atoms with Crippen LogP contribution in [-0.2, 0) is 4.79 Å². The second-order valence-electron chi connectivity index (χ2n) is 6.51. The van der Waals surface area contributed by atoms with Gasteiger partial charge in [-0.3, -0.25) is 9.36 Å². The van der Waals surface area contributed by atoms with Gasteiger partial charge in [0.2, 0.25) is 5.91 Å². The number of nitrogens with zero attached hydrogens (tertiary/aromatic N) is 4. The van der Waals surface area contributed by atoms with Gasteiger partial charge in [0.25, 0.3) is 0 Å². The molecule has 0 aliphatic carbocycles. The second kappa shape index (κ2) is 9.24. The Morgan fingerprint density at radius 3 is 2.55 bits per heavy atom. The molecule has 1 heterocycles. The standard InChI is InChI=1S/C23H16FN5OS/c24-18-9-11-20(12-10-18)29-22(17-6-2-1-3-7-17)27-28-23(29)31-15-21(30)26-19-8-4-5-16(13-19)14-25/h1-13H,15H2,(H,26,30). The monoisotopic (exact) mass is 429 g/mol. The molecular weight excluding hydrogens is 413 g/mol. The second-order valence-corrected chi connectivity index (χ2v) is 7.46. The van der Waals surface area contributed by atoms with Crippen LogP contribution >= 0.6 is 11.8 Å². The van der Waals surface area contributed by atoms with Crippen LogP contribution in [0.4, 0.5) is 10.1 Å². The van der Waals surface area contributed by atoms with Gasteiger partial charge in [-0.25, -0.2) is 4.39 Å². The van der Waals surface area contributed by atoms with Crippen LogP contribution < -0.4 is 5.32 Å². The molecule has 0 unspecified atom stereocenters. The van der Waals surface area contributed by atoms with Gasteiger partial charge in [-0.15, -0.1) is 10.2 Å². The fraction of sp³-hybridized carbons (Fsp3) is 0.0435. The number of aromatic nitrogens is 3. The number of carbonyl (C=O) groups excluding carboxylic acids is 1. The van der Waals surface area contributed by atoms with E-state index >= 15 is 0 Å². The van der Waals surface area contributed by atoms with Crippen molar-refractivity contribution in [3.8, 4) is 23.1 Å². The minimum absolute atomic E-state index is 0.0882. The number of nitrogens with one attached hydrogen (secondary N) is 1. The van der Waals surface area contributed by atoms with Crippen molar-refractivity contribution in [1.29, 1.82) is 5.26 Å². The van der Waals surface area contributed by atoms with Crippen LogP contribution in [0.15, 0.2) is 84.0 Å².